The van der Waals surface area contributed by atoms with Crippen LogP contribution >= 0.6 is 11.3 Å². The molecule has 0 aliphatic carbocycles. The molecule has 0 fully saturated rings. The lowest BCUT2D eigenvalue weighted by Crippen LogP contribution is -2.27. The molecule has 0 atom stereocenters. The Labute approximate surface area is 122 Å². The van der Waals surface area contributed by atoms with Crippen molar-refractivity contribution in [1.82, 2.24) is 19.8 Å². The lowest BCUT2D eigenvalue weighted by Gasteiger charge is -2.06. The van der Waals surface area contributed by atoms with Crippen LogP contribution in [-0.4, -0.2) is 31.8 Å². The third-order valence-corrected chi connectivity index (χ3v) is 5.52. The molecule has 0 aliphatic heterocycles. The van der Waals surface area contributed by atoms with Gasteiger partial charge in [0, 0.05) is 35.2 Å². The average Bonchev–Trinajstić information content (AvgIpc) is 2.99. The highest BCUT2D eigenvalue weighted by Gasteiger charge is 2.19. The van der Waals surface area contributed by atoms with Gasteiger partial charge >= 0.3 is 0 Å². The molecule has 0 amide bonds. The van der Waals surface area contributed by atoms with E-state index in [1.807, 2.05) is 20.0 Å². The molecule has 0 aromatic carbocycles. The van der Waals surface area contributed by atoms with E-state index in [2.05, 4.69) is 15.1 Å². The van der Waals surface area contributed by atoms with Gasteiger partial charge in [-0.3, -0.25) is 4.68 Å². The molecule has 20 heavy (non-hydrogen) atoms. The second-order valence-electron chi connectivity index (χ2n) is 4.33. The maximum Gasteiger partial charge on any atom is 0.241 e. The van der Waals surface area contributed by atoms with E-state index < -0.39 is 10.0 Å². The summed E-state index contributed by atoms with van der Waals surface area (Å²) >= 11 is 1.50. The van der Waals surface area contributed by atoms with Crippen LogP contribution in [0.4, 0.5) is 0 Å². The Kier molecular flexibility index (Phi) is 4.92. The predicted octanol–water partition coefficient (Wildman–Crippen LogP) is 0.951. The van der Waals surface area contributed by atoms with E-state index in [1.165, 1.54) is 11.3 Å². The SMILES string of the molecule is CNCc1cc(S(=O)(=O)NCCn2cccn2)c(C)s1. The Balaban J connectivity index is 2.02. The van der Waals surface area contributed by atoms with Gasteiger partial charge in [-0.15, -0.1) is 11.3 Å². The van der Waals surface area contributed by atoms with Crippen molar-refractivity contribution in [2.24, 2.45) is 0 Å². The number of nitrogens with zero attached hydrogens (tertiary/aromatic N) is 2. The minimum Gasteiger partial charge on any atom is -0.315 e. The summed E-state index contributed by atoms with van der Waals surface area (Å²) in [4.78, 5) is 2.19. The van der Waals surface area contributed by atoms with Crippen LogP contribution in [0, 0.1) is 6.92 Å². The first-order chi connectivity index (χ1) is 9.53. The number of aryl methyl sites for hydroxylation is 1. The van der Waals surface area contributed by atoms with Gasteiger partial charge in [0.1, 0.15) is 0 Å². The van der Waals surface area contributed by atoms with Crippen molar-refractivity contribution in [1.29, 1.82) is 0 Å². The van der Waals surface area contributed by atoms with E-state index in [0.717, 1.165) is 9.75 Å². The zero-order valence-electron chi connectivity index (χ0n) is 11.5. The van der Waals surface area contributed by atoms with Gasteiger partial charge in [-0.2, -0.15) is 5.10 Å². The zero-order valence-corrected chi connectivity index (χ0v) is 13.1. The highest BCUT2D eigenvalue weighted by molar-refractivity contribution is 7.89. The molecule has 2 aromatic rings. The molecule has 0 aliphatic rings. The third-order valence-electron chi connectivity index (χ3n) is 2.76. The van der Waals surface area contributed by atoms with Gasteiger partial charge in [0.05, 0.1) is 11.4 Å². The number of thiophene rings is 1. The summed E-state index contributed by atoms with van der Waals surface area (Å²) in [6, 6.07) is 3.54. The van der Waals surface area contributed by atoms with E-state index in [4.69, 9.17) is 0 Å². The second-order valence-corrected chi connectivity index (χ2v) is 7.41. The second kappa shape index (κ2) is 6.49. The molecule has 0 bridgehead atoms. The van der Waals surface area contributed by atoms with Crippen LogP contribution in [0.3, 0.4) is 0 Å². The molecule has 0 radical (unpaired) electrons. The quantitative estimate of drug-likeness (QED) is 0.798. The fraction of sp³-hybridized carbons (Fsp3) is 0.417. The molecule has 0 saturated heterocycles. The molecule has 2 heterocycles. The van der Waals surface area contributed by atoms with Crippen LogP contribution in [0.2, 0.25) is 0 Å². The number of nitrogens with one attached hydrogen (secondary N) is 2. The van der Waals surface area contributed by atoms with Gasteiger partial charge in [-0.1, -0.05) is 0 Å². The largest absolute Gasteiger partial charge is 0.315 e. The number of hydrogen-bond acceptors (Lipinski definition) is 5. The topological polar surface area (TPSA) is 76.0 Å². The Morgan fingerprint density at radius 1 is 1.45 bits per heavy atom. The third kappa shape index (κ3) is 3.66. The molecule has 110 valence electrons. The van der Waals surface area contributed by atoms with Crippen LogP contribution in [0.5, 0.6) is 0 Å². The van der Waals surface area contributed by atoms with Crippen molar-refractivity contribution >= 4 is 21.4 Å². The first kappa shape index (κ1) is 15.2. The lowest BCUT2D eigenvalue weighted by atomic mass is 10.4. The minimum atomic E-state index is -3.45. The maximum atomic E-state index is 12.2. The fourth-order valence-corrected chi connectivity index (χ4v) is 4.52. The standard InChI is InChI=1S/C12H18N4O2S2/c1-10-12(8-11(19-10)9-13-2)20(17,18)15-5-7-16-6-3-4-14-16/h3-4,6,8,13,15H,5,7,9H2,1-2H3. The molecule has 2 N–H and O–H groups in total. The van der Waals surface area contributed by atoms with E-state index in [9.17, 15) is 8.42 Å². The number of hydrogen-bond donors (Lipinski definition) is 2. The van der Waals surface area contributed by atoms with Gasteiger partial charge < -0.3 is 5.32 Å². The Morgan fingerprint density at radius 2 is 2.25 bits per heavy atom. The first-order valence-corrected chi connectivity index (χ1v) is 8.54. The van der Waals surface area contributed by atoms with Crippen molar-refractivity contribution < 1.29 is 8.42 Å². The smallest absolute Gasteiger partial charge is 0.241 e. The molecule has 0 spiro atoms. The van der Waals surface area contributed by atoms with Crippen molar-refractivity contribution in [3.05, 3.63) is 34.3 Å². The molecule has 2 rings (SSSR count). The zero-order chi connectivity index (χ0) is 14.6. The normalized spacial score (nSPS) is 11.9. The van der Waals surface area contributed by atoms with E-state index in [-0.39, 0.29) is 0 Å². The van der Waals surface area contributed by atoms with E-state index >= 15 is 0 Å². The van der Waals surface area contributed by atoms with Gasteiger partial charge in [-0.05, 0) is 26.1 Å². The Morgan fingerprint density at radius 3 is 2.90 bits per heavy atom. The summed E-state index contributed by atoms with van der Waals surface area (Å²) in [6.45, 7) is 3.33. The molecular formula is C12H18N4O2S2. The minimum absolute atomic E-state index is 0.320. The van der Waals surface area contributed by atoms with Crippen LogP contribution in [0.1, 0.15) is 9.75 Å². The summed E-state index contributed by atoms with van der Waals surface area (Å²) < 4.78 is 28.8. The van der Waals surface area contributed by atoms with Gasteiger partial charge in [0.25, 0.3) is 0 Å². The van der Waals surface area contributed by atoms with Crippen molar-refractivity contribution in [3.63, 3.8) is 0 Å². The number of rotatable bonds is 7. The Hall–Kier alpha value is -1.22. The van der Waals surface area contributed by atoms with Crippen LogP contribution in [-0.2, 0) is 23.1 Å². The summed E-state index contributed by atoms with van der Waals surface area (Å²) in [5, 5.41) is 7.05. The van der Waals surface area contributed by atoms with Gasteiger partial charge in [0.2, 0.25) is 10.0 Å². The number of sulfonamides is 1. The maximum absolute atomic E-state index is 12.2. The molecule has 2 aromatic heterocycles. The predicted molar refractivity (Wildman–Crippen MR) is 79.2 cm³/mol. The van der Waals surface area contributed by atoms with Crippen molar-refractivity contribution in [3.8, 4) is 0 Å². The average molecular weight is 314 g/mol. The molecule has 8 heteroatoms. The highest BCUT2D eigenvalue weighted by atomic mass is 32.2. The molecule has 0 saturated carbocycles. The Bertz CT molecular complexity index is 647. The first-order valence-electron chi connectivity index (χ1n) is 6.24. The number of aromatic nitrogens is 2. The van der Waals surface area contributed by atoms with Crippen molar-refractivity contribution in [2.75, 3.05) is 13.6 Å². The molecular weight excluding hydrogens is 296 g/mol. The van der Waals surface area contributed by atoms with Crippen LogP contribution in [0.15, 0.2) is 29.4 Å². The fourth-order valence-electron chi connectivity index (χ4n) is 1.86. The molecule has 6 nitrogen and oxygen atoms in total. The van der Waals surface area contributed by atoms with Gasteiger partial charge in [0.15, 0.2) is 0 Å². The summed E-state index contributed by atoms with van der Waals surface area (Å²) in [6.07, 6.45) is 3.47. The summed E-state index contributed by atoms with van der Waals surface area (Å²) in [5.41, 5.74) is 0. The van der Waals surface area contributed by atoms with Crippen molar-refractivity contribution in [2.45, 2.75) is 24.9 Å². The van der Waals surface area contributed by atoms with Crippen LogP contribution in [0.25, 0.3) is 0 Å². The van der Waals surface area contributed by atoms with Crippen LogP contribution < -0.4 is 10.0 Å². The lowest BCUT2D eigenvalue weighted by molar-refractivity contribution is 0.560. The summed E-state index contributed by atoms with van der Waals surface area (Å²) in [7, 11) is -1.61. The van der Waals surface area contributed by atoms with E-state index in [0.29, 0.717) is 24.5 Å². The molecule has 0 unspecified atom stereocenters. The monoisotopic (exact) mass is 314 g/mol. The van der Waals surface area contributed by atoms with E-state index in [1.54, 1.807) is 23.1 Å². The van der Waals surface area contributed by atoms with Gasteiger partial charge in [-0.25, -0.2) is 13.1 Å². The highest BCUT2D eigenvalue weighted by Crippen LogP contribution is 2.25. The summed E-state index contributed by atoms with van der Waals surface area (Å²) in [5.74, 6) is 0.